The van der Waals surface area contributed by atoms with Gasteiger partial charge < -0.3 is 21.5 Å². The maximum atomic E-state index is 13.6. The van der Waals surface area contributed by atoms with Crippen molar-refractivity contribution >= 4 is 17.6 Å². The van der Waals surface area contributed by atoms with Gasteiger partial charge in [-0.2, -0.15) is 23.4 Å². The Labute approximate surface area is 164 Å². The number of alkyl halides is 3. The van der Waals surface area contributed by atoms with Gasteiger partial charge in [-0.3, -0.25) is 4.79 Å². The highest BCUT2D eigenvalue weighted by Crippen LogP contribution is 2.43. The number of pyridine rings is 1. The second kappa shape index (κ2) is 7.36. The van der Waals surface area contributed by atoms with E-state index in [1.807, 2.05) is 11.0 Å². The number of allylic oxidation sites excluding steroid dienone is 1. The SMILES string of the molecule is N#Cc1ccc(N2CCC(C(N)=C3C(N)=NC(=O)CC3(O)C(F)(F)F)CC2)nc1. The molecule has 8 nitrogen and oxygen atoms in total. The van der Waals surface area contributed by atoms with E-state index in [0.29, 0.717) is 37.3 Å². The first-order valence-electron chi connectivity index (χ1n) is 8.84. The van der Waals surface area contributed by atoms with Gasteiger partial charge in [-0.05, 0) is 25.0 Å². The quantitative estimate of drug-likeness (QED) is 0.662. The van der Waals surface area contributed by atoms with Crippen molar-refractivity contribution in [1.29, 1.82) is 5.26 Å². The molecule has 0 aliphatic carbocycles. The first-order valence-corrected chi connectivity index (χ1v) is 8.84. The van der Waals surface area contributed by atoms with Gasteiger partial charge in [0.25, 0.3) is 5.91 Å². The minimum absolute atomic E-state index is 0.203. The van der Waals surface area contributed by atoms with Crippen LogP contribution in [-0.4, -0.2) is 46.7 Å². The fourth-order valence-electron chi connectivity index (χ4n) is 3.64. The molecule has 11 heteroatoms. The van der Waals surface area contributed by atoms with Gasteiger partial charge in [0.05, 0.1) is 17.6 Å². The van der Waals surface area contributed by atoms with Gasteiger partial charge in [0.2, 0.25) is 0 Å². The zero-order valence-corrected chi connectivity index (χ0v) is 15.3. The van der Waals surface area contributed by atoms with Crippen LogP contribution in [0.4, 0.5) is 19.0 Å². The summed E-state index contributed by atoms with van der Waals surface area (Å²) in [6.07, 6.45) is -4.15. The Morgan fingerprint density at radius 2 is 2.00 bits per heavy atom. The molecule has 0 aromatic carbocycles. The molecule has 2 aliphatic rings. The van der Waals surface area contributed by atoms with Gasteiger partial charge in [0, 0.05) is 30.9 Å². The minimum Gasteiger partial charge on any atom is -0.401 e. The van der Waals surface area contributed by atoms with E-state index in [1.54, 1.807) is 12.1 Å². The van der Waals surface area contributed by atoms with Crippen molar-refractivity contribution < 1.29 is 23.1 Å². The zero-order valence-electron chi connectivity index (χ0n) is 15.3. The molecule has 3 heterocycles. The molecular formula is C18H19F3N6O2. The van der Waals surface area contributed by atoms with Gasteiger partial charge in [-0.15, -0.1) is 0 Å². The number of amidine groups is 1. The molecule has 0 spiro atoms. The zero-order chi connectivity index (χ0) is 21.4. The standard InChI is InChI=1S/C18H19F3N6O2/c19-18(20,21)17(29)7-13(28)26-16(24)14(17)15(23)11-3-5-27(6-4-11)12-2-1-10(8-22)9-25-12/h1-2,9,11,29H,3-7,23H2,(H2,24,26,28). The van der Waals surface area contributed by atoms with Crippen molar-refractivity contribution in [2.75, 3.05) is 18.0 Å². The Hall–Kier alpha value is -3.13. The lowest BCUT2D eigenvalue weighted by atomic mass is 9.80. The number of piperidine rings is 1. The summed E-state index contributed by atoms with van der Waals surface area (Å²) in [6, 6.07) is 5.30. The third-order valence-electron chi connectivity index (χ3n) is 5.22. The van der Waals surface area contributed by atoms with Crippen LogP contribution in [0.1, 0.15) is 24.8 Å². The number of anilines is 1. The number of carbonyl (C=O) groups is 1. The molecule has 5 N–H and O–H groups in total. The van der Waals surface area contributed by atoms with Crippen molar-refractivity contribution in [1.82, 2.24) is 4.98 Å². The van der Waals surface area contributed by atoms with Crippen LogP contribution >= 0.6 is 0 Å². The maximum absolute atomic E-state index is 13.6. The molecule has 1 atom stereocenters. The normalized spacial score (nSPS) is 25.4. The summed E-state index contributed by atoms with van der Waals surface area (Å²) >= 11 is 0. The van der Waals surface area contributed by atoms with Crippen molar-refractivity contribution in [3.8, 4) is 6.07 Å². The fourth-order valence-corrected chi connectivity index (χ4v) is 3.64. The number of aromatic nitrogens is 1. The van der Waals surface area contributed by atoms with E-state index in [-0.39, 0.29) is 5.70 Å². The highest BCUT2D eigenvalue weighted by molar-refractivity contribution is 6.09. The van der Waals surface area contributed by atoms with Crippen molar-refractivity contribution in [2.24, 2.45) is 22.4 Å². The molecule has 154 valence electrons. The summed E-state index contributed by atoms with van der Waals surface area (Å²) < 4.78 is 40.7. The average Bonchev–Trinajstić information content (AvgIpc) is 2.66. The van der Waals surface area contributed by atoms with Gasteiger partial charge in [-0.1, -0.05) is 0 Å². The number of halogens is 3. The van der Waals surface area contributed by atoms with Crippen molar-refractivity contribution in [3.05, 3.63) is 35.2 Å². The first kappa shape index (κ1) is 20.6. The largest absolute Gasteiger partial charge is 0.422 e. The number of carbonyl (C=O) groups excluding carboxylic acids is 1. The van der Waals surface area contributed by atoms with Gasteiger partial charge in [-0.25, -0.2) is 4.98 Å². The van der Waals surface area contributed by atoms with Crippen LogP contribution in [0.2, 0.25) is 0 Å². The van der Waals surface area contributed by atoms with Crippen molar-refractivity contribution in [3.63, 3.8) is 0 Å². The maximum Gasteiger partial charge on any atom is 0.422 e. The Morgan fingerprint density at radius 3 is 2.52 bits per heavy atom. The molecule has 1 saturated heterocycles. The fraction of sp³-hybridized carbons (Fsp3) is 0.444. The Balaban J connectivity index is 1.84. The number of amides is 1. The predicted octanol–water partition coefficient (Wildman–Crippen LogP) is 0.963. The van der Waals surface area contributed by atoms with E-state index in [0.717, 1.165) is 0 Å². The molecule has 29 heavy (non-hydrogen) atoms. The van der Waals surface area contributed by atoms with E-state index in [4.69, 9.17) is 16.7 Å². The lowest BCUT2D eigenvalue weighted by Crippen LogP contribution is -2.55. The summed E-state index contributed by atoms with van der Waals surface area (Å²) in [5.41, 5.74) is 7.65. The molecule has 1 aromatic rings. The highest BCUT2D eigenvalue weighted by atomic mass is 19.4. The first-order chi connectivity index (χ1) is 13.6. The lowest BCUT2D eigenvalue weighted by molar-refractivity contribution is -0.244. The van der Waals surface area contributed by atoms with Crippen LogP contribution in [0, 0.1) is 17.2 Å². The number of aliphatic hydroxyl groups is 1. The molecule has 1 aromatic heterocycles. The molecule has 1 amide bonds. The second-order valence-electron chi connectivity index (χ2n) is 7.03. The van der Waals surface area contributed by atoms with E-state index in [1.165, 1.54) is 6.20 Å². The molecule has 1 fully saturated rings. The molecule has 3 rings (SSSR count). The van der Waals surface area contributed by atoms with Crippen LogP contribution in [-0.2, 0) is 4.79 Å². The molecule has 0 bridgehead atoms. The molecule has 2 aliphatic heterocycles. The van der Waals surface area contributed by atoms with E-state index >= 15 is 0 Å². The number of nitrogens with two attached hydrogens (primary N) is 2. The molecular weight excluding hydrogens is 389 g/mol. The lowest BCUT2D eigenvalue weighted by Gasteiger charge is -2.38. The van der Waals surface area contributed by atoms with Crippen LogP contribution in [0.25, 0.3) is 0 Å². The predicted molar refractivity (Wildman–Crippen MR) is 97.4 cm³/mol. The number of hydrogen-bond donors (Lipinski definition) is 3. The minimum atomic E-state index is -5.13. The Kier molecular flexibility index (Phi) is 5.23. The van der Waals surface area contributed by atoms with E-state index in [2.05, 4.69) is 9.98 Å². The van der Waals surface area contributed by atoms with Gasteiger partial charge in [0.1, 0.15) is 17.7 Å². The van der Waals surface area contributed by atoms with Gasteiger partial charge in [0.15, 0.2) is 5.60 Å². The number of nitriles is 1. The summed E-state index contributed by atoms with van der Waals surface area (Å²) in [6.45, 7) is 0.913. The molecule has 1 unspecified atom stereocenters. The van der Waals surface area contributed by atoms with E-state index in [9.17, 15) is 23.1 Å². The van der Waals surface area contributed by atoms with Crippen molar-refractivity contribution in [2.45, 2.75) is 31.0 Å². The summed E-state index contributed by atoms with van der Waals surface area (Å²) in [4.78, 5) is 21.0. The third-order valence-corrected chi connectivity index (χ3v) is 5.22. The monoisotopic (exact) mass is 408 g/mol. The van der Waals surface area contributed by atoms with Crippen LogP contribution in [0.3, 0.4) is 0 Å². The highest BCUT2D eigenvalue weighted by Gasteiger charge is 2.60. The summed E-state index contributed by atoms with van der Waals surface area (Å²) in [5.74, 6) is -1.68. The smallest absolute Gasteiger partial charge is 0.401 e. The summed E-state index contributed by atoms with van der Waals surface area (Å²) in [5, 5.41) is 19.1. The molecule has 0 saturated carbocycles. The topological polar surface area (TPSA) is 142 Å². The summed E-state index contributed by atoms with van der Waals surface area (Å²) in [7, 11) is 0. The Morgan fingerprint density at radius 1 is 1.34 bits per heavy atom. The second-order valence-corrected chi connectivity index (χ2v) is 7.03. The Bertz CT molecular complexity index is 911. The number of aliphatic imine (C=N–C) groups is 1. The number of hydrogen-bond acceptors (Lipinski definition) is 7. The van der Waals surface area contributed by atoms with E-state index < -0.39 is 41.4 Å². The van der Waals surface area contributed by atoms with Gasteiger partial charge >= 0.3 is 6.18 Å². The number of rotatable bonds is 2. The third kappa shape index (κ3) is 3.75. The number of nitrogens with zero attached hydrogens (tertiary/aromatic N) is 4. The molecule has 0 radical (unpaired) electrons. The van der Waals surface area contributed by atoms with Crippen LogP contribution in [0.15, 0.2) is 34.6 Å². The van der Waals surface area contributed by atoms with Crippen LogP contribution < -0.4 is 16.4 Å². The van der Waals surface area contributed by atoms with Crippen LogP contribution in [0.5, 0.6) is 0 Å². The average molecular weight is 408 g/mol.